The first-order valence-corrected chi connectivity index (χ1v) is 12.2. The van der Waals surface area contributed by atoms with Crippen LogP contribution in [-0.2, 0) is 19.3 Å². The van der Waals surface area contributed by atoms with E-state index in [0.717, 1.165) is 16.7 Å². The van der Waals surface area contributed by atoms with Crippen molar-refractivity contribution in [3.63, 3.8) is 0 Å². The molecule has 0 fully saturated rings. The van der Waals surface area contributed by atoms with E-state index < -0.39 is 17.2 Å². The monoisotopic (exact) mass is 504 g/mol. The van der Waals surface area contributed by atoms with E-state index in [0.29, 0.717) is 11.5 Å². The zero-order valence-electron chi connectivity index (χ0n) is 22.4. The molecule has 0 bridgehead atoms. The number of hydrogen-bond donors (Lipinski definition) is 0. The van der Waals surface area contributed by atoms with Crippen molar-refractivity contribution in [1.29, 1.82) is 0 Å². The van der Waals surface area contributed by atoms with Crippen molar-refractivity contribution in [3.05, 3.63) is 108 Å². The highest BCUT2D eigenvalue weighted by Gasteiger charge is 2.19. The third-order valence-corrected chi connectivity index (χ3v) is 4.95. The minimum absolute atomic E-state index is 0.0150. The van der Waals surface area contributed by atoms with Crippen LogP contribution < -0.4 is 9.47 Å². The van der Waals surface area contributed by atoms with Gasteiger partial charge in [0, 0.05) is 5.92 Å². The second-order valence-electron chi connectivity index (χ2n) is 10.6. The first-order chi connectivity index (χ1) is 17.4. The summed E-state index contributed by atoms with van der Waals surface area (Å²) in [4.78, 5) is 22.4. The second kappa shape index (κ2) is 12.0. The van der Waals surface area contributed by atoms with Crippen molar-refractivity contribution in [3.8, 4) is 11.5 Å². The van der Waals surface area contributed by atoms with Gasteiger partial charge in [-0.05, 0) is 89.1 Å². The lowest BCUT2D eigenvalue weighted by Crippen LogP contribution is -2.27. The average Bonchev–Trinajstić information content (AvgIpc) is 2.83. The van der Waals surface area contributed by atoms with Gasteiger partial charge in [-0.1, -0.05) is 54.6 Å². The molecule has 1 atom stereocenters. The van der Waals surface area contributed by atoms with E-state index in [9.17, 15) is 4.79 Å². The van der Waals surface area contributed by atoms with E-state index in [2.05, 4.69) is 18.7 Å². The van der Waals surface area contributed by atoms with Crippen LogP contribution in [0, 0.1) is 0 Å². The first kappa shape index (κ1) is 27.8. The van der Waals surface area contributed by atoms with Crippen LogP contribution in [0.25, 0.3) is 0 Å². The van der Waals surface area contributed by atoms with Crippen LogP contribution in [-0.4, -0.2) is 23.8 Å². The van der Waals surface area contributed by atoms with Crippen LogP contribution in [0.5, 0.6) is 11.5 Å². The molecule has 0 aliphatic heterocycles. The van der Waals surface area contributed by atoms with Crippen molar-refractivity contribution >= 4 is 5.97 Å². The Morgan fingerprint density at radius 3 is 1.76 bits per heavy atom. The average molecular weight is 505 g/mol. The fraction of sp³-hybridized carbons (Fsp3) is 0.323. The molecular formula is C31H36O6. The molecular weight excluding hydrogens is 468 g/mol. The summed E-state index contributed by atoms with van der Waals surface area (Å²) in [5.41, 5.74) is 2.28. The molecule has 0 N–H and O–H groups in total. The smallest absolute Gasteiger partial charge is 0.344 e. The summed E-state index contributed by atoms with van der Waals surface area (Å²) in [6, 6.07) is 25.7. The molecule has 0 aliphatic rings. The molecule has 3 aromatic carbocycles. The van der Waals surface area contributed by atoms with Gasteiger partial charge >= 0.3 is 11.9 Å². The predicted molar refractivity (Wildman–Crippen MR) is 143 cm³/mol. The topological polar surface area (TPSA) is 63.2 Å². The maximum Gasteiger partial charge on any atom is 0.344 e. The Hall–Kier alpha value is -3.77. The minimum Gasteiger partial charge on any atom is -0.482 e. The van der Waals surface area contributed by atoms with Crippen LogP contribution in [0.2, 0.25) is 0 Å². The fourth-order valence-corrected chi connectivity index (χ4v) is 3.54. The SMILES string of the molecule is C=C(OOC(C)(C)C)Oc1ccc(C(c2ccccc2)c2ccc(OCC(=O)OC(C)(C)C)cc2)cc1. The summed E-state index contributed by atoms with van der Waals surface area (Å²) < 4.78 is 16.6. The van der Waals surface area contributed by atoms with Crippen molar-refractivity contribution in [2.24, 2.45) is 0 Å². The van der Waals surface area contributed by atoms with Crippen molar-refractivity contribution in [2.75, 3.05) is 6.61 Å². The third kappa shape index (κ3) is 9.32. The number of ether oxygens (including phenoxy) is 3. The molecule has 0 aliphatic carbocycles. The molecule has 0 amide bonds. The number of carbonyl (C=O) groups excluding carboxylic acids is 1. The summed E-state index contributed by atoms with van der Waals surface area (Å²) in [6.45, 7) is 14.7. The summed E-state index contributed by atoms with van der Waals surface area (Å²) in [6.07, 6.45) is 0. The highest BCUT2D eigenvalue weighted by atomic mass is 17.2. The summed E-state index contributed by atoms with van der Waals surface area (Å²) in [5.74, 6) is 0.826. The van der Waals surface area contributed by atoms with Crippen LogP contribution in [0.15, 0.2) is 91.4 Å². The lowest BCUT2D eigenvalue weighted by atomic mass is 9.85. The minimum atomic E-state index is -0.547. The molecule has 0 heterocycles. The molecule has 3 rings (SSSR count). The van der Waals surface area contributed by atoms with Gasteiger partial charge < -0.3 is 14.2 Å². The molecule has 37 heavy (non-hydrogen) atoms. The Balaban J connectivity index is 1.74. The van der Waals surface area contributed by atoms with Crippen LogP contribution >= 0.6 is 0 Å². The number of esters is 1. The standard InChI is InChI=1S/C31H36O6/c1-22(36-37-31(5,6)7)34-27-19-15-25(16-20-27)29(23-11-9-8-10-12-23)24-13-17-26(18-14-24)33-21-28(32)35-30(2,3)4/h8-20,29H,1,21H2,2-7H3. The first-order valence-electron chi connectivity index (χ1n) is 12.2. The van der Waals surface area contributed by atoms with Gasteiger partial charge in [-0.3, -0.25) is 4.89 Å². The second-order valence-corrected chi connectivity index (χ2v) is 10.6. The van der Waals surface area contributed by atoms with Gasteiger partial charge in [0.2, 0.25) is 0 Å². The molecule has 0 spiro atoms. The van der Waals surface area contributed by atoms with Crippen molar-refractivity contribution in [1.82, 2.24) is 0 Å². The van der Waals surface area contributed by atoms with Crippen molar-refractivity contribution in [2.45, 2.75) is 58.7 Å². The normalized spacial score (nSPS) is 12.4. The molecule has 0 radical (unpaired) electrons. The summed E-state index contributed by atoms with van der Waals surface area (Å²) in [7, 11) is 0. The van der Waals surface area contributed by atoms with Gasteiger partial charge in [-0.25, -0.2) is 4.79 Å². The largest absolute Gasteiger partial charge is 0.482 e. The van der Waals surface area contributed by atoms with Crippen molar-refractivity contribution < 1.29 is 28.8 Å². The van der Waals surface area contributed by atoms with Gasteiger partial charge in [0.1, 0.15) is 22.7 Å². The number of carbonyl (C=O) groups is 1. The quantitative estimate of drug-likeness (QED) is 0.0958. The Labute approximate surface area is 219 Å². The van der Waals surface area contributed by atoms with Gasteiger partial charge in [0.25, 0.3) is 0 Å². The molecule has 196 valence electrons. The van der Waals surface area contributed by atoms with E-state index in [1.165, 1.54) is 0 Å². The Bertz CT molecular complexity index is 1150. The van der Waals surface area contributed by atoms with Crippen LogP contribution in [0.3, 0.4) is 0 Å². The van der Waals surface area contributed by atoms with E-state index in [1.807, 2.05) is 108 Å². The van der Waals surface area contributed by atoms with Crippen LogP contribution in [0.1, 0.15) is 64.2 Å². The third-order valence-electron chi connectivity index (χ3n) is 4.95. The summed E-state index contributed by atoms with van der Waals surface area (Å²) >= 11 is 0. The molecule has 0 saturated carbocycles. The van der Waals surface area contributed by atoms with Gasteiger partial charge in [0.15, 0.2) is 6.61 Å². The molecule has 0 saturated heterocycles. The zero-order valence-corrected chi connectivity index (χ0v) is 22.4. The molecule has 6 heteroatoms. The maximum atomic E-state index is 12.0. The number of hydrogen-bond acceptors (Lipinski definition) is 6. The molecule has 0 aromatic heterocycles. The Morgan fingerprint density at radius 2 is 1.24 bits per heavy atom. The van der Waals surface area contributed by atoms with E-state index >= 15 is 0 Å². The molecule has 3 aromatic rings. The highest BCUT2D eigenvalue weighted by Crippen LogP contribution is 2.34. The number of rotatable bonds is 10. The Morgan fingerprint density at radius 1 is 0.730 bits per heavy atom. The van der Waals surface area contributed by atoms with Crippen LogP contribution in [0.4, 0.5) is 0 Å². The van der Waals surface area contributed by atoms with Gasteiger partial charge in [-0.2, -0.15) is 4.89 Å². The van der Waals surface area contributed by atoms with Gasteiger partial charge in [0.05, 0.1) is 0 Å². The Kier molecular flexibility index (Phi) is 9.00. The lowest BCUT2D eigenvalue weighted by molar-refractivity contribution is -0.337. The summed E-state index contributed by atoms with van der Waals surface area (Å²) in [5, 5.41) is 0. The highest BCUT2D eigenvalue weighted by molar-refractivity contribution is 5.71. The number of benzene rings is 3. The zero-order chi connectivity index (χ0) is 27.1. The maximum absolute atomic E-state index is 12.0. The lowest BCUT2D eigenvalue weighted by Gasteiger charge is -2.21. The van der Waals surface area contributed by atoms with E-state index in [4.69, 9.17) is 24.0 Å². The van der Waals surface area contributed by atoms with E-state index in [1.54, 1.807) is 0 Å². The predicted octanol–water partition coefficient (Wildman–Crippen LogP) is 7.18. The van der Waals surface area contributed by atoms with E-state index in [-0.39, 0.29) is 18.5 Å². The fourth-order valence-electron chi connectivity index (χ4n) is 3.54. The molecule has 1 unspecified atom stereocenters. The van der Waals surface area contributed by atoms with Gasteiger partial charge in [-0.15, -0.1) is 0 Å². The molecule has 6 nitrogen and oxygen atoms in total.